The highest BCUT2D eigenvalue weighted by atomic mass is 32.2. The van der Waals surface area contributed by atoms with Crippen LogP contribution in [0.25, 0.3) is 0 Å². The lowest BCUT2D eigenvalue weighted by Gasteiger charge is -2.32. The average Bonchev–Trinajstić information content (AvgIpc) is 2.96. The number of carbonyl (C=O) groups excluding carboxylic acids is 2. The smallest absolute Gasteiger partial charge is 0.264 e. The second-order valence-corrected chi connectivity index (χ2v) is 11.1. The normalized spacial score (nSPS) is 11.8. The van der Waals surface area contributed by atoms with Crippen LogP contribution >= 0.6 is 0 Å². The van der Waals surface area contributed by atoms with Crippen molar-refractivity contribution in [2.75, 3.05) is 38.2 Å². The molecule has 0 saturated heterocycles. The van der Waals surface area contributed by atoms with Gasteiger partial charge in [0.05, 0.1) is 24.8 Å². The van der Waals surface area contributed by atoms with E-state index < -0.39 is 28.5 Å². The largest absolute Gasteiger partial charge is 0.497 e. The van der Waals surface area contributed by atoms with E-state index >= 15 is 0 Å². The number of anilines is 1. The molecule has 10 heteroatoms. The highest BCUT2D eigenvalue weighted by molar-refractivity contribution is 7.92. The number of nitrogens with zero attached hydrogens (tertiary/aromatic N) is 2. The minimum atomic E-state index is -4.23. The molecule has 0 radical (unpaired) electrons. The first kappa shape index (κ1) is 30.5. The van der Waals surface area contributed by atoms with Crippen LogP contribution in [0.4, 0.5) is 5.69 Å². The SMILES string of the molecule is CCNC(=O)[C@@H](C)N(CCc1ccccc1)C(=O)CN(c1cc(OC)ccc1OC)S(=O)(=O)c1ccc(C)cc1. The fourth-order valence-corrected chi connectivity index (χ4v) is 5.65. The summed E-state index contributed by atoms with van der Waals surface area (Å²) < 4.78 is 39.9. The maximum absolute atomic E-state index is 14.0. The first-order chi connectivity index (χ1) is 19.1. The van der Waals surface area contributed by atoms with Gasteiger partial charge in [0, 0.05) is 19.2 Å². The number of methoxy groups -OCH3 is 2. The summed E-state index contributed by atoms with van der Waals surface area (Å²) in [4.78, 5) is 28.2. The quantitative estimate of drug-likeness (QED) is 0.337. The van der Waals surface area contributed by atoms with Gasteiger partial charge in [-0.1, -0.05) is 48.0 Å². The molecule has 0 fully saturated rings. The fraction of sp³-hybridized carbons (Fsp3) is 0.333. The molecule has 0 heterocycles. The molecule has 3 rings (SSSR count). The Hall–Kier alpha value is -4.05. The molecule has 3 aromatic rings. The molecule has 0 saturated carbocycles. The summed E-state index contributed by atoms with van der Waals surface area (Å²) in [5, 5.41) is 2.76. The molecule has 0 unspecified atom stereocenters. The van der Waals surface area contributed by atoms with Crippen molar-refractivity contribution in [3.8, 4) is 11.5 Å². The van der Waals surface area contributed by atoms with E-state index in [1.807, 2.05) is 37.3 Å². The lowest BCUT2D eigenvalue weighted by molar-refractivity contribution is -0.138. The van der Waals surface area contributed by atoms with Crippen molar-refractivity contribution in [2.45, 2.75) is 38.1 Å². The zero-order chi connectivity index (χ0) is 29.3. The molecule has 2 amide bonds. The highest BCUT2D eigenvalue weighted by Gasteiger charge is 2.33. The van der Waals surface area contributed by atoms with Crippen LogP contribution < -0.4 is 19.1 Å². The Morgan fingerprint density at radius 1 is 0.950 bits per heavy atom. The van der Waals surface area contributed by atoms with Crippen LogP contribution in [0.15, 0.2) is 77.7 Å². The maximum atomic E-state index is 14.0. The molecule has 9 nitrogen and oxygen atoms in total. The average molecular weight is 568 g/mol. The number of rotatable bonds is 13. The number of carbonyl (C=O) groups is 2. The molecule has 0 aliphatic carbocycles. The van der Waals surface area contributed by atoms with Gasteiger partial charge in [0.15, 0.2) is 0 Å². The van der Waals surface area contributed by atoms with Crippen LogP contribution in [-0.2, 0) is 26.0 Å². The summed E-state index contributed by atoms with van der Waals surface area (Å²) in [7, 11) is -1.34. The van der Waals surface area contributed by atoms with Gasteiger partial charge in [0.25, 0.3) is 10.0 Å². The van der Waals surface area contributed by atoms with Crippen molar-refractivity contribution in [2.24, 2.45) is 0 Å². The lowest BCUT2D eigenvalue weighted by atomic mass is 10.1. The zero-order valence-corrected chi connectivity index (χ0v) is 24.4. The molecule has 1 N–H and O–H groups in total. The van der Waals surface area contributed by atoms with E-state index in [4.69, 9.17) is 9.47 Å². The molecular formula is C30H37N3O6S. The maximum Gasteiger partial charge on any atom is 0.264 e. The number of hydrogen-bond acceptors (Lipinski definition) is 6. The molecule has 0 spiro atoms. The van der Waals surface area contributed by atoms with Crippen LogP contribution in [0.1, 0.15) is 25.0 Å². The molecule has 3 aromatic carbocycles. The second kappa shape index (κ2) is 13.8. The summed E-state index contributed by atoms with van der Waals surface area (Å²) in [6.07, 6.45) is 0.490. The van der Waals surface area contributed by atoms with Crippen molar-refractivity contribution < 1.29 is 27.5 Å². The molecule has 1 atom stereocenters. The summed E-state index contributed by atoms with van der Waals surface area (Å²) >= 11 is 0. The third-order valence-corrected chi connectivity index (χ3v) is 8.32. The van der Waals surface area contributed by atoms with E-state index in [0.717, 1.165) is 15.4 Å². The van der Waals surface area contributed by atoms with Crippen molar-refractivity contribution in [1.82, 2.24) is 10.2 Å². The minimum Gasteiger partial charge on any atom is -0.497 e. The highest BCUT2D eigenvalue weighted by Crippen LogP contribution is 2.36. The number of nitrogens with one attached hydrogen (secondary N) is 1. The zero-order valence-electron chi connectivity index (χ0n) is 23.6. The van der Waals surface area contributed by atoms with E-state index in [9.17, 15) is 18.0 Å². The Labute approximate surface area is 236 Å². The van der Waals surface area contributed by atoms with Gasteiger partial charge in [-0.15, -0.1) is 0 Å². The Morgan fingerprint density at radius 3 is 2.23 bits per heavy atom. The summed E-state index contributed by atoms with van der Waals surface area (Å²) in [5.41, 5.74) is 2.02. The first-order valence-corrected chi connectivity index (χ1v) is 14.5. The van der Waals surface area contributed by atoms with E-state index in [0.29, 0.717) is 18.7 Å². The number of sulfonamides is 1. The Bertz CT molecular complexity index is 1390. The van der Waals surface area contributed by atoms with E-state index in [1.165, 1.54) is 37.3 Å². The molecule has 0 bridgehead atoms. The van der Waals surface area contributed by atoms with E-state index in [2.05, 4.69) is 5.32 Å². The Kier molecular flexibility index (Phi) is 10.6. The van der Waals surface area contributed by atoms with Gasteiger partial charge < -0.3 is 19.7 Å². The molecular weight excluding hydrogens is 530 g/mol. The second-order valence-electron chi connectivity index (χ2n) is 9.26. The van der Waals surface area contributed by atoms with E-state index in [-0.39, 0.29) is 28.8 Å². The van der Waals surface area contributed by atoms with Gasteiger partial charge in [-0.25, -0.2) is 8.42 Å². The predicted octanol–water partition coefficient (Wildman–Crippen LogP) is 3.80. The number of ether oxygens (including phenoxy) is 2. The number of benzene rings is 3. The van der Waals surface area contributed by atoms with Crippen LogP contribution in [0.3, 0.4) is 0 Å². The molecule has 0 aliphatic heterocycles. The third-order valence-electron chi connectivity index (χ3n) is 6.55. The van der Waals surface area contributed by atoms with Crippen LogP contribution in [-0.4, -0.2) is 65.0 Å². The number of hydrogen-bond donors (Lipinski definition) is 1. The minimum absolute atomic E-state index is 0.0170. The van der Waals surface area contributed by atoms with Gasteiger partial charge in [0.2, 0.25) is 11.8 Å². The third kappa shape index (κ3) is 7.32. The summed E-state index contributed by atoms with van der Waals surface area (Å²) in [6, 6.07) is 19.9. The topological polar surface area (TPSA) is 105 Å². The van der Waals surface area contributed by atoms with Gasteiger partial charge in [0.1, 0.15) is 24.1 Å². The number of aryl methyl sites for hydroxylation is 1. The molecule has 0 aliphatic rings. The number of amides is 2. The lowest BCUT2D eigenvalue weighted by Crippen LogP contribution is -2.52. The Morgan fingerprint density at radius 2 is 1.62 bits per heavy atom. The summed E-state index contributed by atoms with van der Waals surface area (Å²) in [6.45, 7) is 5.35. The Balaban J connectivity index is 2.07. The van der Waals surface area contributed by atoms with Gasteiger partial charge in [-0.3, -0.25) is 13.9 Å². The van der Waals surface area contributed by atoms with Crippen LogP contribution in [0.2, 0.25) is 0 Å². The first-order valence-electron chi connectivity index (χ1n) is 13.0. The molecule has 40 heavy (non-hydrogen) atoms. The van der Waals surface area contributed by atoms with Gasteiger partial charge in [-0.05, 0) is 57.0 Å². The van der Waals surface area contributed by atoms with Crippen molar-refractivity contribution in [3.63, 3.8) is 0 Å². The van der Waals surface area contributed by atoms with Crippen LogP contribution in [0.5, 0.6) is 11.5 Å². The number of likely N-dealkylation sites (N-methyl/N-ethyl adjacent to an activating group) is 1. The molecule has 0 aromatic heterocycles. The van der Waals surface area contributed by atoms with Crippen molar-refractivity contribution >= 4 is 27.5 Å². The standard InChI is InChI=1S/C30H37N3O6S/c1-6-31-30(35)23(3)32(19-18-24-10-8-7-9-11-24)29(34)21-33(27-20-25(38-4)14-17-28(27)39-5)40(36,37)26-15-12-22(2)13-16-26/h7-17,20,23H,6,18-19,21H2,1-5H3,(H,31,35)/t23-/m1/s1. The monoisotopic (exact) mass is 567 g/mol. The summed E-state index contributed by atoms with van der Waals surface area (Å²) in [5.74, 6) is -0.216. The van der Waals surface area contributed by atoms with Gasteiger partial charge >= 0.3 is 0 Å². The van der Waals surface area contributed by atoms with Crippen molar-refractivity contribution in [1.29, 1.82) is 0 Å². The van der Waals surface area contributed by atoms with E-state index in [1.54, 1.807) is 38.1 Å². The van der Waals surface area contributed by atoms with Crippen LogP contribution in [0, 0.1) is 6.92 Å². The van der Waals surface area contributed by atoms with Gasteiger partial charge in [-0.2, -0.15) is 0 Å². The molecule has 214 valence electrons. The predicted molar refractivity (Wildman–Crippen MR) is 155 cm³/mol. The fourth-order valence-electron chi connectivity index (χ4n) is 4.23. The van der Waals surface area contributed by atoms with Crippen molar-refractivity contribution in [3.05, 3.63) is 83.9 Å².